The standard InChI is InChI=1S/C11H14O/c1-8(12)2-4-10-6-9-3-5-11(10)7-9/h2-5,9-11H,6-7H2,1H3/b4-2+/t9-,10-,11-/m0/s1. The largest absolute Gasteiger partial charge is 0.295 e. The third kappa shape index (κ3) is 1.36. The minimum atomic E-state index is 0.168. The van der Waals surface area contributed by atoms with Crippen LogP contribution in [0.2, 0.25) is 0 Å². The summed E-state index contributed by atoms with van der Waals surface area (Å²) in [5.41, 5.74) is 0. The average Bonchev–Trinajstić information content (AvgIpc) is 2.60. The highest BCUT2D eigenvalue weighted by Crippen LogP contribution is 2.43. The van der Waals surface area contributed by atoms with E-state index in [1.165, 1.54) is 12.8 Å². The molecule has 2 bridgehead atoms. The maximum absolute atomic E-state index is 10.7. The minimum absolute atomic E-state index is 0.168. The zero-order chi connectivity index (χ0) is 8.55. The first-order chi connectivity index (χ1) is 5.75. The molecule has 0 aromatic rings. The van der Waals surface area contributed by atoms with Gasteiger partial charge in [-0.15, -0.1) is 0 Å². The Morgan fingerprint density at radius 3 is 2.75 bits per heavy atom. The van der Waals surface area contributed by atoms with E-state index in [4.69, 9.17) is 0 Å². The van der Waals surface area contributed by atoms with Gasteiger partial charge in [-0.25, -0.2) is 0 Å². The Labute approximate surface area is 73.2 Å². The summed E-state index contributed by atoms with van der Waals surface area (Å²) in [6.45, 7) is 1.61. The third-order valence-electron chi connectivity index (χ3n) is 2.91. The average molecular weight is 162 g/mol. The number of hydrogen-bond acceptors (Lipinski definition) is 1. The first kappa shape index (κ1) is 7.78. The molecule has 1 fully saturated rings. The Morgan fingerprint density at radius 2 is 2.25 bits per heavy atom. The van der Waals surface area contributed by atoms with Crippen LogP contribution in [0.1, 0.15) is 19.8 Å². The summed E-state index contributed by atoms with van der Waals surface area (Å²) in [6, 6.07) is 0. The van der Waals surface area contributed by atoms with Gasteiger partial charge in [-0.05, 0) is 43.6 Å². The quantitative estimate of drug-likeness (QED) is 0.450. The van der Waals surface area contributed by atoms with Crippen LogP contribution < -0.4 is 0 Å². The molecule has 0 spiro atoms. The van der Waals surface area contributed by atoms with Crippen molar-refractivity contribution in [2.75, 3.05) is 0 Å². The summed E-state index contributed by atoms with van der Waals surface area (Å²) in [7, 11) is 0. The smallest absolute Gasteiger partial charge is 0.152 e. The number of rotatable bonds is 2. The van der Waals surface area contributed by atoms with Crippen LogP contribution in [-0.2, 0) is 4.79 Å². The number of carbonyl (C=O) groups excluding carboxylic acids is 1. The Morgan fingerprint density at radius 1 is 1.42 bits per heavy atom. The maximum atomic E-state index is 10.7. The number of fused-ring (bicyclic) bond motifs is 2. The summed E-state index contributed by atoms with van der Waals surface area (Å²) in [5.74, 6) is 2.34. The lowest BCUT2D eigenvalue weighted by molar-refractivity contribution is -0.112. The van der Waals surface area contributed by atoms with Gasteiger partial charge in [-0.3, -0.25) is 4.79 Å². The van der Waals surface area contributed by atoms with E-state index in [0.717, 1.165) is 11.8 Å². The molecule has 2 aliphatic rings. The second kappa shape index (κ2) is 2.89. The fourth-order valence-corrected chi connectivity index (χ4v) is 2.30. The third-order valence-corrected chi connectivity index (χ3v) is 2.91. The van der Waals surface area contributed by atoms with E-state index >= 15 is 0 Å². The van der Waals surface area contributed by atoms with Crippen molar-refractivity contribution in [1.82, 2.24) is 0 Å². The van der Waals surface area contributed by atoms with Crippen LogP contribution >= 0.6 is 0 Å². The fourth-order valence-electron chi connectivity index (χ4n) is 2.30. The van der Waals surface area contributed by atoms with Crippen LogP contribution in [0.25, 0.3) is 0 Å². The predicted octanol–water partition coefficient (Wildman–Crippen LogP) is 2.34. The van der Waals surface area contributed by atoms with E-state index in [9.17, 15) is 4.79 Å². The van der Waals surface area contributed by atoms with Crippen LogP contribution in [0.4, 0.5) is 0 Å². The summed E-state index contributed by atoms with van der Waals surface area (Å²) < 4.78 is 0. The van der Waals surface area contributed by atoms with Gasteiger partial charge < -0.3 is 0 Å². The molecule has 3 atom stereocenters. The van der Waals surface area contributed by atoms with Crippen LogP contribution in [0, 0.1) is 17.8 Å². The van der Waals surface area contributed by atoms with Crippen LogP contribution in [0.5, 0.6) is 0 Å². The molecule has 12 heavy (non-hydrogen) atoms. The topological polar surface area (TPSA) is 17.1 Å². The maximum Gasteiger partial charge on any atom is 0.152 e. The second-order valence-corrected chi connectivity index (χ2v) is 3.91. The van der Waals surface area contributed by atoms with E-state index in [-0.39, 0.29) is 5.78 Å². The summed E-state index contributed by atoms with van der Waals surface area (Å²) in [5, 5.41) is 0. The van der Waals surface area contributed by atoms with Crippen LogP contribution in [-0.4, -0.2) is 5.78 Å². The van der Waals surface area contributed by atoms with Gasteiger partial charge >= 0.3 is 0 Å². The highest BCUT2D eigenvalue weighted by atomic mass is 16.1. The second-order valence-electron chi connectivity index (χ2n) is 3.91. The van der Waals surface area contributed by atoms with Gasteiger partial charge in [-0.2, -0.15) is 0 Å². The molecule has 0 aliphatic heterocycles. The van der Waals surface area contributed by atoms with Crippen molar-refractivity contribution in [3.63, 3.8) is 0 Å². The molecule has 1 heteroatoms. The predicted molar refractivity (Wildman–Crippen MR) is 48.7 cm³/mol. The molecule has 0 radical (unpaired) electrons. The van der Waals surface area contributed by atoms with Crippen molar-refractivity contribution in [3.8, 4) is 0 Å². The highest BCUT2D eigenvalue weighted by molar-refractivity contribution is 5.87. The highest BCUT2D eigenvalue weighted by Gasteiger charge is 2.33. The summed E-state index contributed by atoms with van der Waals surface area (Å²) >= 11 is 0. The van der Waals surface area contributed by atoms with E-state index in [2.05, 4.69) is 18.2 Å². The fraction of sp³-hybridized carbons (Fsp3) is 0.545. The van der Waals surface area contributed by atoms with Gasteiger partial charge in [0.2, 0.25) is 0 Å². The van der Waals surface area contributed by atoms with E-state index < -0.39 is 0 Å². The lowest BCUT2D eigenvalue weighted by Gasteiger charge is -2.12. The van der Waals surface area contributed by atoms with Crippen molar-refractivity contribution >= 4 is 5.78 Å². The zero-order valence-electron chi connectivity index (χ0n) is 7.36. The number of allylic oxidation sites excluding steroid dienone is 4. The Bertz CT molecular complexity index is 250. The van der Waals surface area contributed by atoms with Crippen molar-refractivity contribution in [3.05, 3.63) is 24.3 Å². The first-order valence-corrected chi connectivity index (χ1v) is 4.63. The van der Waals surface area contributed by atoms with Gasteiger partial charge in [-0.1, -0.05) is 18.2 Å². The lowest BCUT2D eigenvalue weighted by atomic mass is 9.93. The van der Waals surface area contributed by atoms with Gasteiger partial charge in [0.1, 0.15) is 0 Å². The molecule has 0 heterocycles. The Balaban J connectivity index is 1.99. The molecule has 0 unspecified atom stereocenters. The molecule has 0 amide bonds. The summed E-state index contributed by atoms with van der Waals surface area (Å²) in [6.07, 6.45) is 11.0. The molecule has 64 valence electrons. The molecule has 1 nitrogen and oxygen atoms in total. The first-order valence-electron chi connectivity index (χ1n) is 4.63. The van der Waals surface area contributed by atoms with Crippen molar-refractivity contribution < 1.29 is 4.79 Å². The van der Waals surface area contributed by atoms with Gasteiger partial charge in [0.15, 0.2) is 5.78 Å². The molecule has 0 N–H and O–H groups in total. The minimum Gasteiger partial charge on any atom is -0.295 e. The monoisotopic (exact) mass is 162 g/mol. The van der Waals surface area contributed by atoms with Gasteiger partial charge in [0.05, 0.1) is 0 Å². The molecular formula is C11H14O. The molecule has 2 rings (SSSR count). The van der Waals surface area contributed by atoms with Crippen molar-refractivity contribution in [2.45, 2.75) is 19.8 Å². The number of ketones is 1. The SMILES string of the molecule is CC(=O)/C=C/[C@H]1C[C@@H]2C=C[C@H]1C2. The van der Waals surface area contributed by atoms with E-state index in [0.29, 0.717) is 5.92 Å². The summed E-state index contributed by atoms with van der Waals surface area (Å²) in [4.78, 5) is 10.7. The van der Waals surface area contributed by atoms with E-state index in [1.54, 1.807) is 13.0 Å². The number of carbonyl (C=O) groups is 1. The molecule has 1 saturated carbocycles. The van der Waals surface area contributed by atoms with Gasteiger partial charge in [0, 0.05) is 0 Å². The van der Waals surface area contributed by atoms with Crippen LogP contribution in [0.15, 0.2) is 24.3 Å². The van der Waals surface area contributed by atoms with Crippen LogP contribution in [0.3, 0.4) is 0 Å². The van der Waals surface area contributed by atoms with E-state index in [1.807, 2.05) is 0 Å². The molecule has 0 aromatic heterocycles. The molecule has 0 saturated heterocycles. The Hall–Kier alpha value is -0.850. The Kier molecular flexibility index (Phi) is 1.87. The zero-order valence-corrected chi connectivity index (χ0v) is 7.36. The van der Waals surface area contributed by atoms with Crippen molar-refractivity contribution in [2.24, 2.45) is 17.8 Å². The van der Waals surface area contributed by atoms with Gasteiger partial charge in [0.25, 0.3) is 0 Å². The molecular weight excluding hydrogens is 148 g/mol. The number of hydrogen-bond donors (Lipinski definition) is 0. The molecule has 0 aromatic carbocycles. The normalized spacial score (nSPS) is 38.2. The molecule has 2 aliphatic carbocycles. The van der Waals surface area contributed by atoms with Crippen molar-refractivity contribution in [1.29, 1.82) is 0 Å². The lowest BCUT2D eigenvalue weighted by Crippen LogP contribution is -2.03.